The van der Waals surface area contributed by atoms with Crippen molar-refractivity contribution in [1.29, 1.82) is 0 Å². The lowest BCUT2D eigenvalue weighted by Gasteiger charge is -2.08. The highest BCUT2D eigenvalue weighted by molar-refractivity contribution is 9.10. The Morgan fingerprint density at radius 1 is 1.14 bits per heavy atom. The molecule has 108 valence electrons. The number of rotatable bonds is 3. The number of fused-ring (bicyclic) bond motifs is 1. The third-order valence-corrected chi connectivity index (χ3v) is 3.95. The van der Waals surface area contributed by atoms with Crippen molar-refractivity contribution in [3.8, 4) is 0 Å². The number of anilines is 1. The summed E-state index contributed by atoms with van der Waals surface area (Å²) in [4.78, 5) is 9.04. The molecule has 0 unspecified atom stereocenters. The van der Waals surface area contributed by atoms with Crippen LogP contribution in [0.25, 0.3) is 5.78 Å². The fraction of sp³-hybridized carbons (Fsp3) is 0.250. The van der Waals surface area contributed by atoms with Crippen molar-refractivity contribution in [2.75, 3.05) is 5.32 Å². The third kappa shape index (κ3) is 2.93. The van der Waals surface area contributed by atoms with Gasteiger partial charge < -0.3 is 5.32 Å². The van der Waals surface area contributed by atoms with Crippen molar-refractivity contribution < 1.29 is 0 Å². The summed E-state index contributed by atoms with van der Waals surface area (Å²) in [5, 5.41) is 3.43. The molecule has 3 rings (SSSR count). The first-order chi connectivity index (χ1) is 10.0. The van der Waals surface area contributed by atoms with E-state index in [1.54, 1.807) is 0 Å². The minimum Gasteiger partial charge on any atom is -0.379 e. The molecule has 3 aromatic rings. The highest BCUT2D eigenvalue weighted by atomic mass is 79.9. The van der Waals surface area contributed by atoms with Gasteiger partial charge in [0.15, 0.2) is 0 Å². The van der Waals surface area contributed by atoms with Gasteiger partial charge in [-0.3, -0.25) is 4.40 Å². The van der Waals surface area contributed by atoms with Gasteiger partial charge in [-0.2, -0.15) is 0 Å². The minimum absolute atomic E-state index is 0.685. The van der Waals surface area contributed by atoms with Gasteiger partial charge in [0.2, 0.25) is 5.78 Å². The standard InChI is InChI=1S/C16H17BrN4/c1-10-6-13(17)4-5-15(10)18-8-14-9-21-12(3)7-11(2)19-16(21)20-14/h4-7,9,18H,8H2,1-3H3. The Balaban J connectivity index is 1.83. The Morgan fingerprint density at radius 3 is 2.71 bits per heavy atom. The number of nitrogens with one attached hydrogen (secondary N) is 1. The number of aromatic nitrogens is 3. The zero-order chi connectivity index (χ0) is 15.0. The summed E-state index contributed by atoms with van der Waals surface area (Å²) in [5.41, 5.74) is 5.46. The first kappa shape index (κ1) is 14.1. The molecule has 4 nitrogen and oxygen atoms in total. The fourth-order valence-electron chi connectivity index (χ4n) is 2.41. The average Bonchev–Trinajstić information content (AvgIpc) is 2.81. The quantitative estimate of drug-likeness (QED) is 0.779. The number of aryl methyl sites for hydroxylation is 3. The van der Waals surface area contributed by atoms with Crippen LogP contribution in [0, 0.1) is 20.8 Å². The Bertz CT molecular complexity index is 807. The van der Waals surface area contributed by atoms with Crippen molar-refractivity contribution in [3.05, 3.63) is 57.6 Å². The van der Waals surface area contributed by atoms with E-state index in [1.165, 1.54) is 5.56 Å². The summed E-state index contributed by atoms with van der Waals surface area (Å²) < 4.78 is 3.12. The molecule has 5 heteroatoms. The van der Waals surface area contributed by atoms with Crippen LogP contribution in [0.1, 0.15) is 22.6 Å². The fourth-order valence-corrected chi connectivity index (χ4v) is 2.89. The van der Waals surface area contributed by atoms with Crippen LogP contribution in [0.4, 0.5) is 5.69 Å². The molecule has 0 fully saturated rings. The predicted molar refractivity (Wildman–Crippen MR) is 88.7 cm³/mol. The zero-order valence-corrected chi connectivity index (χ0v) is 13.9. The number of nitrogens with zero attached hydrogens (tertiary/aromatic N) is 3. The third-order valence-electron chi connectivity index (χ3n) is 3.46. The Hall–Kier alpha value is -1.88. The van der Waals surface area contributed by atoms with E-state index in [0.29, 0.717) is 6.54 Å². The molecule has 0 aliphatic carbocycles. The van der Waals surface area contributed by atoms with Crippen LogP contribution in [-0.2, 0) is 6.54 Å². The number of benzene rings is 1. The molecule has 0 amide bonds. The second-order valence-electron chi connectivity index (χ2n) is 5.25. The maximum Gasteiger partial charge on any atom is 0.234 e. The van der Waals surface area contributed by atoms with Gasteiger partial charge in [0.1, 0.15) is 0 Å². The van der Waals surface area contributed by atoms with Crippen molar-refractivity contribution in [2.45, 2.75) is 27.3 Å². The smallest absolute Gasteiger partial charge is 0.234 e. The molecule has 0 atom stereocenters. The SMILES string of the molecule is Cc1cc(C)n2cc(CNc3ccc(Br)cc3C)nc2n1. The summed E-state index contributed by atoms with van der Waals surface area (Å²) in [6.07, 6.45) is 2.04. The monoisotopic (exact) mass is 344 g/mol. The lowest BCUT2D eigenvalue weighted by Crippen LogP contribution is -2.01. The number of halogens is 1. The van der Waals surface area contributed by atoms with Crippen molar-refractivity contribution in [2.24, 2.45) is 0 Å². The maximum absolute atomic E-state index is 4.58. The van der Waals surface area contributed by atoms with Crippen molar-refractivity contribution in [3.63, 3.8) is 0 Å². The first-order valence-corrected chi connectivity index (χ1v) is 7.64. The molecule has 0 bridgehead atoms. The van der Waals surface area contributed by atoms with E-state index in [0.717, 1.165) is 33.0 Å². The number of hydrogen-bond donors (Lipinski definition) is 1. The normalized spacial score (nSPS) is 11.0. The lowest BCUT2D eigenvalue weighted by molar-refractivity contribution is 1.01. The van der Waals surface area contributed by atoms with Gasteiger partial charge in [-0.05, 0) is 50.6 Å². The van der Waals surface area contributed by atoms with E-state index in [9.17, 15) is 0 Å². The molecule has 1 N–H and O–H groups in total. The molecule has 1 aromatic carbocycles. The van der Waals surface area contributed by atoms with Gasteiger partial charge in [-0.25, -0.2) is 9.97 Å². The van der Waals surface area contributed by atoms with Crippen molar-refractivity contribution in [1.82, 2.24) is 14.4 Å². The van der Waals surface area contributed by atoms with E-state index < -0.39 is 0 Å². The molecular weight excluding hydrogens is 328 g/mol. The Labute approximate surface area is 132 Å². The minimum atomic E-state index is 0.685. The van der Waals surface area contributed by atoms with Gasteiger partial charge in [0, 0.05) is 27.7 Å². The summed E-state index contributed by atoms with van der Waals surface area (Å²) in [5.74, 6) is 0.761. The van der Waals surface area contributed by atoms with Crippen molar-refractivity contribution >= 4 is 27.4 Å². The van der Waals surface area contributed by atoms with Crippen LogP contribution in [0.3, 0.4) is 0 Å². The molecule has 2 aromatic heterocycles. The number of imidazole rings is 1. The van der Waals surface area contributed by atoms with E-state index in [1.807, 2.05) is 23.6 Å². The number of hydrogen-bond acceptors (Lipinski definition) is 3. The molecule has 0 saturated heterocycles. The highest BCUT2D eigenvalue weighted by Crippen LogP contribution is 2.20. The summed E-state index contributed by atoms with van der Waals surface area (Å²) in [7, 11) is 0. The molecule has 0 radical (unpaired) electrons. The zero-order valence-electron chi connectivity index (χ0n) is 12.3. The van der Waals surface area contributed by atoms with Gasteiger partial charge in [-0.1, -0.05) is 15.9 Å². The summed E-state index contributed by atoms with van der Waals surface area (Å²) in [6, 6.07) is 8.27. The Kier molecular flexibility index (Phi) is 3.68. The van der Waals surface area contributed by atoms with Crippen LogP contribution >= 0.6 is 15.9 Å². The molecule has 2 heterocycles. The molecule has 0 spiro atoms. The van der Waals surface area contributed by atoms with Crippen LogP contribution in [-0.4, -0.2) is 14.4 Å². The maximum atomic E-state index is 4.58. The summed E-state index contributed by atoms with van der Waals surface area (Å²) >= 11 is 3.48. The van der Waals surface area contributed by atoms with Gasteiger partial charge in [-0.15, -0.1) is 0 Å². The first-order valence-electron chi connectivity index (χ1n) is 6.85. The molecule has 0 saturated carbocycles. The largest absolute Gasteiger partial charge is 0.379 e. The van der Waals surface area contributed by atoms with Crippen LogP contribution in [0.2, 0.25) is 0 Å². The molecule has 0 aliphatic heterocycles. The van der Waals surface area contributed by atoms with Crippen LogP contribution in [0.5, 0.6) is 0 Å². The molecule has 0 aliphatic rings. The second-order valence-corrected chi connectivity index (χ2v) is 6.17. The molecular formula is C16H17BrN4. The molecule has 21 heavy (non-hydrogen) atoms. The van der Waals surface area contributed by atoms with E-state index in [2.05, 4.69) is 63.3 Å². The van der Waals surface area contributed by atoms with Gasteiger partial charge in [0.25, 0.3) is 0 Å². The average molecular weight is 345 g/mol. The van der Waals surface area contributed by atoms with Gasteiger partial charge in [0.05, 0.1) is 12.2 Å². The van der Waals surface area contributed by atoms with Crippen LogP contribution < -0.4 is 5.32 Å². The van der Waals surface area contributed by atoms with Crippen LogP contribution in [0.15, 0.2) is 34.9 Å². The summed E-state index contributed by atoms with van der Waals surface area (Å²) in [6.45, 7) is 6.83. The Morgan fingerprint density at radius 2 is 1.95 bits per heavy atom. The lowest BCUT2D eigenvalue weighted by atomic mass is 10.2. The predicted octanol–water partition coefficient (Wildman–Crippen LogP) is 4.03. The second kappa shape index (κ2) is 5.48. The van der Waals surface area contributed by atoms with E-state index >= 15 is 0 Å². The van der Waals surface area contributed by atoms with E-state index in [-0.39, 0.29) is 0 Å². The highest BCUT2D eigenvalue weighted by Gasteiger charge is 2.06. The topological polar surface area (TPSA) is 42.2 Å². The van der Waals surface area contributed by atoms with E-state index in [4.69, 9.17) is 0 Å². The van der Waals surface area contributed by atoms with Gasteiger partial charge >= 0.3 is 0 Å².